The molecule has 0 bridgehead atoms. The summed E-state index contributed by atoms with van der Waals surface area (Å²) in [6.45, 7) is 2.83. The first-order chi connectivity index (χ1) is 12.1. The SMILES string of the molecule is Cc1cc(CO)cc(OCCCCN2C(=O)c3ccccc3C2=O)c1. The number of carbonyl (C=O) groups is 2. The molecule has 1 aliphatic heterocycles. The van der Waals surface area contributed by atoms with Crippen LogP contribution in [0.25, 0.3) is 0 Å². The van der Waals surface area contributed by atoms with E-state index in [1.165, 1.54) is 4.90 Å². The van der Waals surface area contributed by atoms with Gasteiger partial charge in [0, 0.05) is 6.54 Å². The summed E-state index contributed by atoms with van der Waals surface area (Å²) in [4.78, 5) is 25.8. The number of unbranched alkanes of at least 4 members (excludes halogenated alkanes) is 1. The molecule has 3 rings (SSSR count). The maximum absolute atomic E-state index is 12.3. The molecule has 5 heteroatoms. The van der Waals surface area contributed by atoms with E-state index < -0.39 is 0 Å². The predicted molar refractivity (Wildman–Crippen MR) is 93.6 cm³/mol. The van der Waals surface area contributed by atoms with Crippen molar-refractivity contribution in [3.63, 3.8) is 0 Å². The Kier molecular flexibility index (Phi) is 5.14. The van der Waals surface area contributed by atoms with E-state index in [2.05, 4.69) is 0 Å². The Bertz CT molecular complexity index is 765. The Morgan fingerprint density at radius 3 is 2.32 bits per heavy atom. The first kappa shape index (κ1) is 17.2. The molecule has 5 nitrogen and oxygen atoms in total. The van der Waals surface area contributed by atoms with Crippen molar-refractivity contribution in [3.05, 3.63) is 64.7 Å². The second-order valence-electron chi connectivity index (χ2n) is 6.18. The maximum atomic E-state index is 12.3. The molecule has 0 saturated heterocycles. The van der Waals surface area contributed by atoms with Gasteiger partial charge in [-0.2, -0.15) is 0 Å². The van der Waals surface area contributed by atoms with Gasteiger partial charge in [-0.15, -0.1) is 0 Å². The fourth-order valence-corrected chi connectivity index (χ4v) is 3.00. The fraction of sp³-hybridized carbons (Fsp3) is 0.300. The predicted octanol–water partition coefficient (Wildman–Crippen LogP) is 2.94. The van der Waals surface area contributed by atoms with Crippen molar-refractivity contribution in [2.75, 3.05) is 13.2 Å². The largest absolute Gasteiger partial charge is 0.494 e. The maximum Gasteiger partial charge on any atom is 0.261 e. The van der Waals surface area contributed by atoms with E-state index in [0.29, 0.717) is 30.7 Å². The van der Waals surface area contributed by atoms with Crippen LogP contribution in [0.5, 0.6) is 5.75 Å². The van der Waals surface area contributed by atoms with E-state index in [1.807, 2.05) is 25.1 Å². The lowest BCUT2D eigenvalue weighted by Gasteiger charge is -2.14. The van der Waals surface area contributed by atoms with Crippen LogP contribution in [0, 0.1) is 6.92 Å². The first-order valence-corrected chi connectivity index (χ1v) is 8.39. The number of aryl methyl sites for hydroxylation is 1. The zero-order valence-corrected chi connectivity index (χ0v) is 14.2. The average molecular weight is 339 g/mol. The number of imide groups is 1. The van der Waals surface area contributed by atoms with Crippen LogP contribution in [0.2, 0.25) is 0 Å². The molecule has 0 aromatic heterocycles. The summed E-state index contributed by atoms with van der Waals surface area (Å²) < 4.78 is 5.71. The highest BCUT2D eigenvalue weighted by atomic mass is 16.5. The van der Waals surface area contributed by atoms with Crippen LogP contribution in [-0.4, -0.2) is 35.0 Å². The van der Waals surface area contributed by atoms with Crippen molar-refractivity contribution in [3.8, 4) is 5.75 Å². The highest BCUT2D eigenvalue weighted by molar-refractivity contribution is 6.21. The van der Waals surface area contributed by atoms with Crippen LogP contribution in [0.3, 0.4) is 0 Å². The van der Waals surface area contributed by atoms with Crippen molar-refractivity contribution < 1.29 is 19.4 Å². The number of hydrogen-bond acceptors (Lipinski definition) is 4. The van der Waals surface area contributed by atoms with Gasteiger partial charge in [-0.3, -0.25) is 14.5 Å². The number of fused-ring (bicyclic) bond motifs is 1. The Balaban J connectivity index is 1.48. The Morgan fingerprint density at radius 2 is 1.68 bits per heavy atom. The number of benzene rings is 2. The number of nitrogens with zero attached hydrogens (tertiary/aromatic N) is 1. The second-order valence-corrected chi connectivity index (χ2v) is 6.18. The molecule has 1 aliphatic rings. The van der Waals surface area contributed by atoms with Gasteiger partial charge in [0.15, 0.2) is 0 Å². The van der Waals surface area contributed by atoms with Gasteiger partial charge in [0.1, 0.15) is 5.75 Å². The Morgan fingerprint density at radius 1 is 1.00 bits per heavy atom. The van der Waals surface area contributed by atoms with E-state index in [4.69, 9.17) is 4.74 Å². The molecule has 0 unspecified atom stereocenters. The number of ether oxygens (including phenoxy) is 1. The van der Waals surface area contributed by atoms with Gasteiger partial charge in [0.25, 0.3) is 11.8 Å². The summed E-state index contributed by atoms with van der Waals surface area (Å²) >= 11 is 0. The molecule has 2 amide bonds. The summed E-state index contributed by atoms with van der Waals surface area (Å²) in [5.74, 6) is 0.297. The fourth-order valence-electron chi connectivity index (χ4n) is 3.00. The lowest BCUT2D eigenvalue weighted by Crippen LogP contribution is -2.30. The molecule has 1 N–H and O–H groups in total. The smallest absolute Gasteiger partial charge is 0.261 e. The molecule has 0 radical (unpaired) electrons. The van der Waals surface area contributed by atoms with Crippen LogP contribution in [0.15, 0.2) is 42.5 Å². The molecular formula is C20H21NO4. The van der Waals surface area contributed by atoms with E-state index in [9.17, 15) is 14.7 Å². The van der Waals surface area contributed by atoms with Gasteiger partial charge in [0.2, 0.25) is 0 Å². The van der Waals surface area contributed by atoms with Gasteiger partial charge in [-0.25, -0.2) is 0 Å². The number of hydrogen-bond donors (Lipinski definition) is 1. The number of carbonyl (C=O) groups excluding carboxylic acids is 2. The summed E-state index contributed by atoms with van der Waals surface area (Å²) in [6.07, 6.45) is 1.42. The third kappa shape index (κ3) is 3.72. The summed E-state index contributed by atoms with van der Waals surface area (Å²) in [5, 5.41) is 9.22. The highest BCUT2D eigenvalue weighted by Crippen LogP contribution is 2.23. The first-order valence-electron chi connectivity index (χ1n) is 8.39. The standard InChI is InChI=1S/C20H21NO4/c1-14-10-15(13-22)12-16(11-14)25-9-5-4-8-21-19(23)17-6-2-3-7-18(17)20(21)24/h2-3,6-7,10-12,22H,4-5,8-9,13H2,1H3. The molecule has 0 fully saturated rings. The molecular weight excluding hydrogens is 318 g/mol. The summed E-state index contributed by atoms with van der Waals surface area (Å²) in [5.41, 5.74) is 2.83. The van der Waals surface area contributed by atoms with E-state index in [1.54, 1.807) is 24.3 Å². The van der Waals surface area contributed by atoms with Gasteiger partial charge in [-0.1, -0.05) is 18.2 Å². The highest BCUT2D eigenvalue weighted by Gasteiger charge is 2.34. The van der Waals surface area contributed by atoms with Crippen LogP contribution < -0.4 is 4.74 Å². The third-order valence-electron chi connectivity index (χ3n) is 4.22. The monoisotopic (exact) mass is 339 g/mol. The lowest BCUT2D eigenvalue weighted by molar-refractivity contribution is 0.0649. The number of aliphatic hydroxyl groups is 1. The van der Waals surface area contributed by atoms with Gasteiger partial charge >= 0.3 is 0 Å². The van der Waals surface area contributed by atoms with Gasteiger partial charge in [-0.05, 0) is 55.2 Å². The molecule has 2 aromatic carbocycles. The second kappa shape index (κ2) is 7.49. The van der Waals surface area contributed by atoms with Crippen LogP contribution in [0.1, 0.15) is 44.7 Å². The zero-order valence-electron chi connectivity index (χ0n) is 14.2. The number of amides is 2. The topological polar surface area (TPSA) is 66.8 Å². The molecule has 25 heavy (non-hydrogen) atoms. The van der Waals surface area contributed by atoms with Crippen LogP contribution in [-0.2, 0) is 6.61 Å². The van der Waals surface area contributed by atoms with Crippen LogP contribution >= 0.6 is 0 Å². The molecule has 0 aliphatic carbocycles. The quantitative estimate of drug-likeness (QED) is 0.622. The molecule has 2 aromatic rings. The third-order valence-corrected chi connectivity index (χ3v) is 4.22. The average Bonchev–Trinajstić information content (AvgIpc) is 2.86. The van der Waals surface area contributed by atoms with Crippen molar-refractivity contribution >= 4 is 11.8 Å². The van der Waals surface area contributed by atoms with Crippen molar-refractivity contribution in [1.82, 2.24) is 4.90 Å². The van der Waals surface area contributed by atoms with Crippen molar-refractivity contribution in [1.29, 1.82) is 0 Å². The number of rotatable bonds is 7. The van der Waals surface area contributed by atoms with Crippen LogP contribution in [0.4, 0.5) is 0 Å². The molecule has 1 heterocycles. The van der Waals surface area contributed by atoms with Crippen molar-refractivity contribution in [2.45, 2.75) is 26.4 Å². The van der Waals surface area contributed by atoms with E-state index >= 15 is 0 Å². The van der Waals surface area contributed by atoms with Gasteiger partial charge in [0.05, 0.1) is 24.3 Å². The minimum atomic E-state index is -0.215. The normalized spacial score (nSPS) is 13.3. The zero-order chi connectivity index (χ0) is 17.8. The molecule has 130 valence electrons. The molecule has 0 saturated carbocycles. The Labute approximate surface area is 146 Å². The molecule has 0 atom stereocenters. The summed E-state index contributed by atoms with van der Waals surface area (Å²) in [7, 11) is 0. The van der Waals surface area contributed by atoms with E-state index in [-0.39, 0.29) is 18.4 Å². The minimum Gasteiger partial charge on any atom is -0.494 e. The van der Waals surface area contributed by atoms with Gasteiger partial charge < -0.3 is 9.84 Å². The molecule has 0 spiro atoms. The number of aliphatic hydroxyl groups excluding tert-OH is 1. The minimum absolute atomic E-state index is 0.0161. The van der Waals surface area contributed by atoms with Crippen molar-refractivity contribution in [2.24, 2.45) is 0 Å². The Hall–Kier alpha value is -2.66. The lowest BCUT2D eigenvalue weighted by atomic mass is 10.1. The summed E-state index contributed by atoms with van der Waals surface area (Å²) in [6, 6.07) is 12.6. The van der Waals surface area contributed by atoms with E-state index in [0.717, 1.165) is 23.3 Å².